The van der Waals surface area contributed by atoms with Crippen molar-refractivity contribution in [2.45, 2.75) is 96.8 Å². The third-order valence-electron chi connectivity index (χ3n) is 5.32. The first-order valence-corrected chi connectivity index (χ1v) is 13.5. The van der Waals surface area contributed by atoms with Gasteiger partial charge in [0.1, 0.15) is 0 Å². The molecule has 0 aliphatic heterocycles. The summed E-state index contributed by atoms with van der Waals surface area (Å²) in [5, 5.41) is 3.32. The quantitative estimate of drug-likeness (QED) is 0.107. The summed E-state index contributed by atoms with van der Waals surface area (Å²) in [6.45, 7) is 3.14. The van der Waals surface area contributed by atoms with E-state index in [-0.39, 0.29) is 56.9 Å². The van der Waals surface area contributed by atoms with Crippen LogP contribution in [0.3, 0.4) is 0 Å². The van der Waals surface area contributed by atoms with Crippen LogP contribution in [0.4, 0.5) is 5.69 Å². The number of carbonyl (C=O) groups is 1. The average Bonchev–Trinajstić information content (AvgIpc) is 2.74. The molecule has 1 aromatic carbocycles. The Morgan fingerprint density at radius 2 is 1.25 bits per heavy atom. The first kappa shape index (κ1) is 32.0. The number of rotatable bonds is 19. The third kappa shape index (κ3) is 18.5. The van der Waals surface area contributed by atoms with Gasteiger partial charge < -0.3 is 10.1 Å². The molecule has 0 heterocycles. The summed E-state index contributed by atoms with van der Waals surface area (Å²) in [7, 11) is -4.32. The van der Waals surface area contributed by atoms with Crippen LogP contribution < -0.4 is 5.32 Å². The first-order valence-electron chi connectivity index (χ1n) is 11.9. The van der Waals surface area contributed by atoms with E-state index in [9.17, 15) is 13.2 Å². The number of unbranched alkanes of at least 4 members (excludes halogenated alkanes) is 13. The summed E-state index contributed by atoms with van der Waals surface area (Å²) >= 11 is 0. The van der Waals surface area contributed by atoms with Crippen LogP contribution in [-0.2, 0) is 14.9 Å². The van der Waals surface area contributed by atoms with Gasteiger partial charge in [0.15, 0.2) is 0 Å². The van der Waals surface area contributed by atoms with Gasteiger partial charge in [0.2, 0.25) is 5.94 Å². The fraction of sp³-hybridized carbons (Fsp3) is 0.708. The van der Waals surface area contributed by atoms with Crippen molar-refractivity contribution in [1.82, 2.24) is 0 Å². The van der Waals surface area contributed by atoms with Gasteiger partial charge in [0.05, 0.1) is 5.56 Å². The zero-order valence-corrected chi connectivity index (χ0v) is 19.9. The minimum absolute atomic E-state index is 0. The van der Waals surface area contributed by atoms with Crippen molar-refractivity contribution in [3.63, 3.8) is 0 Å². The molecule has 0 atom stereocenters. The van der Waals surface area contributed by atoms with E-state index >= 15 is 0 Å². The number of carbonyl (C=O) groups excluding carboxylic acids is 1. The molecular weight excluding hydrogens is 453 g/mol. The molecule has 0 radical (unpaired) electrons. The number of hydrogen-bond donors (Lipinski definition) is 2. The molecule has 0 fully saturated rings. The topological polar surface area (TPSA) is 92.7 Å². The van der Waals surface area contributed by atoms with Crippen molar-refractivity contribution < 1.29 is 22.5 Å². The monoisotopic (exact) mass is 495 g/mol. The summed E-state index contributed by atoms with van der Waals surface area (Å²) in [4.78, 5) is 11.7. The molecule has 8 heteroatoms. The fourth-order valence-corrected chi connectivity index (χ4v) is 3.74. The van der Waals surface area contributed by atoms with Crippen LogP contribution in [0.15, 0.2) is 24.3 Å². The Kier molecular flexibility index (Phi) is 20.4. The number of nitrogens with one attached hydrogen (secondary N) is 1. The summed E-state index contributed by atoms with van der Waals surface area (Å²) in [6, 6.07) is 6.65. The molecule has 6 nitrogen and oxygen atoms in total. The second-order valence-electron chi connectivity index (χ2n) is 8.23. The van der Waals surface area contributed by atoms with E-state index in [0.717, 1.165) is 18.7 Å². The van der Waals surface area contributed by atoms with E-state index in [1.54, 1.807) is 24.3 Å². The molecule has 180 valence electrons. The zero-order valence-electron chi connectivity index (χ0n) is 19.1. The van der Waals surface area contributed by atoms with Crippen LogP contribution in [-0.4, -0.2) is 82.8 Å². The fourth-order valence-electron chi connectivity index (χ4n) is 3.49. The number of benzene rings is 1. The van der Waals surface area contributed by atoms with E-state index in [1.165, 1.54) is 83.5 Å². The van der Waals surface area contributed by atoms with E-state index in [2.05, 4.69) is 17.0 Å². The molecule has 0 saturated carbocycles. The molecule has 0 aliphatic rings. The molecule has 0 bridgehead atoms. The van der Waals surface area contributed by atoms with E-state index in [1.807, 2.05) is 0 Å². The van der Waals surface area contributed by atoms with Gasteiger partial charge in [-0.2, -0.15) is 8.42 Å². The zero-order chi connectivity index (χ0) is 22.8. The Labute approximate surface area is 237 Å². The normalized spacial score (nSPS) is 11.1. The van der Waals surface area contributed by atoms with Crippen molar-refractivity contribution in [2.75, 3.05) is 17.8 Å². The molecule has 1 rings (SSSR count). The molecule has 1 aromatic rings. The number of esters is 1. The van der Waals surface area contributed by atoms with E-state index in [4.69, 9.17) is 4.55 Å². The minimum atomic E-state index is -4.32. The Balaban J connectivity index is 0.00000961. The maximum atomic E-state index is 11.7. The van der Waals surface area contributed by atoms with Crippen LogP contribution in [0.2, 0.25) is 0 Å². The molecule has 0 unspecified atom stereocenters. The number of hydrogen-bond acceptors (Lipinski definition) is 5. The van der Waals surface area contributed by atoms with Crippen molar-refractivity contribution >= 4 is 73.2 Å². The standard InChI is InChI=1S/C24H41NO5S.K.H/c1-2-3-4-5-6-7-8-9-10-11-12-13-14-15-20-25-23-18-16-22(17-19-23)24(26)30-21-31(27,28)29;;/h16-19,25H,2-15,20-21H2,1H3,(H,27,28,29);;. The van der Waals surface area contributed by atoms with Gasteiger partial charge in [-0.15, -0.1) is 0 Å². The van der Waals surface area contributed by atoms with Crippen LogP contribution in [0.5, 0.6) is 0 Å². The molecule has 0 saturated heterocycles. The Morgan fingerprint density at radius 3 is 1.69 bits per heavy atom. The second-order valence-corrected chi connectivity index (χ2v) is 9.63. The van der Waals surface area contributed by atoms with Crippen LogP contribution in [0.1, 0.15) is 107 Å². The molecule has 0 amide bonds. The van der Waals surface area contributed by atoms with Gasteiger partial charge in [-0.25, -0.2) is 4.79 Å². The van der Waals surface area contributed by atoms with Gasteiger partial charge in [0.25, 0.3) is 0 Å². The number of ether oxygens (including phenoxy) is 1. The predicted molar refractivity (Wildman–Crippen MR) is 134 cm³/mol. The maximum absolute atomic E-state index is 11.7. The van der Waals surface area contributed by atoms with E-state index < -0.39 is 22.0 Å². The molecule has 32 heavy (non-hydrogen) atoms. The van der Waals surface area contributed by atoms with Crippen molar-refractivity contribution in [2.24, 2.45) is 0 Å². The predicted octanol–water partition coefficient (Wildman–Crippen LogP) is 5.93. The average molecular weight is 496 g/mol. The second kappa shape index (κ2) is 20.4. The van der Waals surface area contributed by atoms with E-state index in [0.29, 0.717) is 0 Å². The van der Waals surface area contributed by atoms with Gasteiger partial charge in [-0.05, 0) is 30.7 Å². The number of anilines is 1. The van der Waals surface area contributed by atoms with Crippen LogP contribution in [0.25, 0.3) is 0 Å². The summed E-state index contributed by atoms with van der Waals surface area (Å²) in [5.41, 5.74) is 1.15. The Hall–Kier alpha value is 0.0364. The third-order valence-corrected chi connectivity index (χ3v) is 5.73. The van der Waals surface area contributed by atoms with Crippen molar-refractivity contribution in [3.8, 4) is 0 Å². The van der Waals surface area contributed by atoms with Crippen LogP contribution in [0, 0.1) is 0 Å². The molecule has 0 spiro atoms. The van der Waals surface area contributed by atoms with Gasteiger partial charge in [0, 0.05) is 12.2 Å². The molecule has 0 aliphatic carbocycles. The van der Waals surface area contributed by atoms with Gasteiger partial charge in [-0.1, -0.05) is 90.4 Å². The molecule has 0 aromatic heterocycles. The summed E-state index contributed by atoms with van der Waals surface area (Å²) in [6.07, 6.45) is 18.8. The first-order chi connectivity index (χ1) is 14.9. The summed E-state index contributed by atoms with van der Waals surface area (Å²) < 4.78 is 34.4. The van der Waals surface area contributed by atoms with Gasteiger partial charge >= 0.3 is 67.5 Å². The summed E-state index contributed by atoms with van der Waals surface area (Å²) in [5.74, 6) is -1.82. The van der Waals surface area contributed by atoms with Crippen molar-refractivity contribution in [3.05, 3.63) is 29.8 Å². The van der Waals surface area contributed by atoms with Crippen molar-refractivity contribution in [1.29, 1.82) is 0 Å². The van der Waals surface area contributed by atoms with Crippen LogP contribution >= 0.6 is 0 Å². The SMILES string of the molecule is CCCCCCCCCCCCCCCCNc1ccc(C(=O)OCS(=O)(=O)O)cc1.[KH]. The molecule has 2 N–H and O–H groups in total. The Bertz CT molecular complexity index is 695. The molecular formula is C24H42KNO5S. The van der Waals surface area contributed by atoms with Gasteiger partial charge in [-0.3, -0.25) is 4.55 Å². The Morgan fingerprint density at radius 1 is 0.812 bits per heavy atom.